The van der Waals surface area contributed by atoms with E-state index in [4.69, 9.17) is 9.93 Å². The molecule has 4 nitrogen and oxygen atoms in total. The van der Waals surface area contributed by atoms with E-state index >= 15 is 0 Å². The average molecular weight is 73.8 g/mol. The molecule has 0 aromatic heterocycles. The Kier molecular flexibility index (Phi) is 3.03. The Morgan fingerprint density at radius 3 is 2.60 bits per heavy atom. The summed E-state index contributed by atoms with van der Waals surface area (Å²) in [5.41, 5.74) is 0. The van der Waals surface area contributed by atoms with Gasteiger partial charge in [-0.2, -0.15) is 0 Å². The molecule has 0 bridgehead atoms. The van der Waals surface area contributed by atoms with Crippen LogP contribution in [0.5, 0.6) is 0 Å². The van der Waals surface area contributed by atoms with E-state index in [1.165, 1.54) is 0 Å². The van der Waals surface area contributed by atoms with E-state index in [9.17, 15) is 0 Å². The second-order valence-corrected chi connectivity index (χ2v) is 0.285. The third-order valence-electron chi connectivity index (χ3n) is 0.0902. The van der Waals surface area contributed by atoms with Crippen molar-refractivity contribution in [2.75, 3.05) is 0 Å². The van der Waals surface area contributed by atoms with E-state index in [0.717, 1.165) is 0 Å². The molecule has 0 atom stereocenters. The van der Waals surface area contributed by atoms with E-state index in [1.54, 1.807) is 5.34 Å². The summed E-state index contributed by atoms with van der Waals surface area (Å²) in [4.78, 5) is 8.74. The van der Waals surface area contributed by atoms with Crippen LogP contribution in [-0.2, 0) is 4.76 Å². The number of hydrogen-bond acceptors (Lipinski definition) is 4. The van der Waals surface area contributed by atoms with Crippen LogP contribution in [0.3, 0.4) is 0 Å². The highest BCUT2D eigenvalue weighted by molar-refractivity contribution is 6.15. The Morgan fingerprint density at radius 2 is 2.60 bits per heavy atom. The van der Waals surface area contributed by atoms with Crippen LogP contribution in [0.4, 0.5) is 0 Å². The maximum Gasteiger partial charge on any atom is 0.598 e. The van der Waals surface area contributed by atoms with Crippen LogP contribution in [0.1, 0.15) is 0 Å². The minimum atomic E-state index is 0.201. The molecule has 5 heteroatoms. The summed E-state index contributed by atoms with van der Waals surface area (Å²) in [6.45, 7) is 0. The first-order chi connectivity index (χ1) is 2.41. The molecule has 0 aliphatic carbocycles. The molecule has 0 saturated heterocycles. The predicted octanol–water partition coefficient (Wildman–Crippen LogP) is -0.789. The number of rotatable bonds is 2. The summed E-state index contributed by atoms with van der Waals surface area (Å²) in [7, 11) is 0.201. The maximum absolute atomic E-state index is 8.74. The van der Waals surface area contributed by atoms with Crippen molar-refractivity contribution in [3.63, 3.8) is 0 Å². The summed E-state index contributed by atoms with van der Waals surface area (Å²) in [6, 6.07) is 0. The second kappa shape index (κ2) is 3.42. The van der Waals surface area contributed by atoms with Gasteiger partial charge in [0.1, 0.15) is 5.34 Å². The fourth-order valence-electron chi connectivity index (χ4n) is 0.0192. The van der Waals surface area contributed by atoms with Crippen molar-refractivity contribution in [2.45, 2.75) is 0 Å². The van der Waals surface area contributed by atoms with E-state index in [2.05, 4.69) is 4.76 Å². The van der Waals surface area contributed by atoms with Gasteiger partial charge >= 0.3 is 7.69 Å². The molecule has 0 fully saturated rings. The van der Waals surface area contributed by atoms with Crippen LogP contribution in [0, 0.1) is 4.91 Å². The lowest BCUT2D eigenvalue weighted by Crippen LogP contribution is -1.85. The van der Waals surface area contributed by atoms with Gasteiger partial charge in [-0.15, -0.1) is 4.91 Å². The molecule has 0 rings (SSSR count). The van der Waals surface area contributed by atoms with Gasteiger partial charge in [0, 0.05) is 0 Å². The van der Waals surface area contributed by atoms with Crippen molar-refractivity contribution < 1.29 is 9.78 Å². The topological polar surface area (TPSA) is 58.9 Å². The molecular formula is HBNO3. The molecule has 1 radical (unpaired) electrons. The van der Waals surface area contributed by atoms with Gasteiger partial charge in [-0.25, -0.2) is 0 Å². The van der Waals surface area contributed by atoms with Crippen molar-refractivity contribution in [2.24, 2.45) is 5.34 Å². The highest BCUT2D eigenvalue weighted by Gasteiger charge is 1.76. The van der Waals surface area contributed by atoms with E-state index < -0.39 is 0 Å². The Morgan fingerprint density at radius 1 is 2.00 bits per heavy atom. The molecule has 0 aromatic carbocycles. The van der Waals surface area contributed by atoms with Crippen LogP contribution < -0.4 is 0 Å². The molecule has 0 amide bonds. The van der Waals surface area contributed by atoms with Gasteiger partial charge in [-0.1, -0.05) is 0 Å². The van der Waals surface area contributed by atoms with Crippen molar-refractivity contribution in [3.05, 3.63) is 4.91 Å². The minimum absolute atomic E-state index is 0.201. The molecule has 1 N–H and O–H groups in total. The zero-order valence-electron chi connectivity index (χ0n) is 2.29. The second-order valence-electron chi connectivity index (χ2n) is 0.285. The molecule has 0 unspecified atom stereocenters. The van der Waals surface area contributed by atoms with Gasteiger partial charge in [0.15, 0.2) is 0 Å². The van der Waals surface area contributed by atoms with E-state index in [-0.39, 0.29) is 7.69 Å². The van der Waals surface area contributed by atoms with Crippen LogP contribution >= 0.6 is 0 Å². The largest absolute Gasteiger partial charge is 0.598 e. The average Bonchev–Trinajstić information content (AvgIpc) is 1.41. The van der Waals surface area contributed by atoms with Gasteiger partial charge in [-0.3, -0.25) is 0 Å². The standard InChI is InChI=1S/BHNO3/c3-1-5-2-4/h3H. The summed E-state index contributed by atoms with van der Waals surface area (Å²) >= 11 is 0. The van der Waals surface area contributed by atoms with Gasteiger partial charge in [0.2, 0.25) is 0 Å². The quantitative estimate of drug-likeness (QED) is 0.265. The minimum Gasteiger partial charge on any atom is -0.416 e. The lowest BCUT2D eigenvalue weighted by atomic mass is 10.4. The predicted molar refractivity (Wildman–Crippen MR) is 14.9 cm³/mol. The molecule has 0 heterocycles. The van der Waals surface area contributed by atoms with Crippen molar-refractivity contribution in [1.82, 2.24) is 0 Å². The highest BCUT2D eigenvalue weighted by atomic mass is 16.7. The van der Waals surface area contributed by atoms with Gasteiger partial charge < -0.3 is 9.78 Å². The molecule has 0 saturated carbocycles. The Bertz CT molecular complexity index is 28.1. The lowest BCUT2D eigenvalue weighted by molar-refractivity contribution is 0.297. The molecule has 5 heavy (non-hydrogen) atoms. The molecular weight excluding hydrogens is 72.8 g/mol. The molecule has 0 aromatic rings. The van der Waals surface area contributed by atoms with Crippen LogP contribution in [0.25, 0.3) is 0 Å². The molecule has 0 spiro atoms. The third kappa shape index (κ3) is 3.42. The zero-order valence-corrected chi connectivity index (χ0v) is 2.29. The first kappa shape index (κ1) is 4.42. The normalized spacial score (nSPS) is 5.80. The van der Waals surface area contributed by atoms with E-state index in [1.807, 2.05) is 0 Å². The maximum atomic E-state index is 8.74. The summed E-state index contributed by atoms with van der Waals surface area (Å²) in [5.74, 6) is 0. The van der Waals surface area contributed by atoms with Crippen LogP contribution in [0.15, 0.2) is 5.34 Å². The zero-order chi connectivity index (χ0) is 4.12. The Labute approximate surface area is 29.0 Å². The molecule has 0 aliphatic rings. The Balaban J connectivity index is 2.40. The monoisotopic (exact) mass is 74.0 g/mol. The summed E-state index contributed by atoms with van der Waals surface area (Å²) < 4.78 is 3.33. The SMILES string of the molecule is O=NO[B]O. The number of nitrogens with zero attached hydrogens (tertiary/aromatic N) is 1. The smallest absolute Gasteiger partial charge is 0.416 e. The highest BCUT2D eigenvalue weighted by Crippen LogP contribution is 1.58. The van der Waals surface area contributed by atoms with Crippen molar-refractivity contribution in [3.8, 4) is 0 Å². The first-order valence-electron chi connectivity index (χ1n) is 0.859. The number of hydrogen-bond donors (Lipinski definition) is 1. The molecule has 0 aliphatic heterocycles. The van der Waals surface area contributed by atoms with Gasteiger partial charge in [0.05, 0.1) is 0 Å². The van der Waals surface area contributed by atoms with E-state index in [0.29, 0.717) is 0 Å². The van der Waals surface area contributed by atoms with Crippen molar-refractivity contribution in [1.29, 1.82) is 0 Å². The lowest BCUT2D eigenvalue weighted by Gasteiger charge is -1.71. The van der Waals surface area contributed by atoms with Crippen molar-refractivity contribution >= 4 is 7.69 Å². The Hall–Kier alpha value is -0.575. The fraction of sp³-hybridized carbons (Fsp3) is 0. The fourth-order valence-corrected chi connectivity index (χ4v) is 0.0192. The van der Waals surface area contributed by atoms with Crippen LogP contribution in [0.2, 0.25) is 0 Å². The summed E-state index contributed by atoms with van der Waals surface area (Å²) in [6.07, 6.45) is 0. The summed E-state index contributed by atoms with van der Waals surface area (Å²) in [5, 5.41) is 9.22. The third-order valence-corrected chi connectivity index (χ3v) is 0.0902. The van der Waals surface area contributed by atoms with Gasteiger partial charge in [0.25, 0.3) is 0 Å². The van der Waals surface area contributed by atoms with Gasteiger partial charge in [-0.05, 0) is 0 Å². The first-order valence-corrected chi connectivity index (χ1v) is 0.859. The van der Waals surface area contributed by atoms with Crippen LogP contribution in [-0.4, -0.2) is 12.7 Å². The molecule has 27 valence electrons.